The molecule has 0 fully saturated rings. The normalized spacial score (nSPS) is 11.3. The molecule has 8 nitrogen and oxygen atoms in total. The fraction of sp³-hybridized carbons (Fsp3) is 0.107. The van der Waals surface area contributed by atoms with E-state index in [4.69, 9.17) is 0 Å². The summed E-state index contributed by atoms with van der Waals surface area (Å²) in [6.45, 7) is 1.99. The minimum absolute atomic E-state index is 0.151. The molecule has 36 heavy (non-hydrogen) atoms. The molecule has 3 heterocycles. The number of nitrogens with one attached hydrogen (secondary N) is 2. The third-order valence-corrected chi connectivity index (χ3v) is 5.86. The van der Waals surface area contributed by atoms with E-state index >= 15 is 0 Å². The van der Waals surface area contributed by atoms with E-state index in [9.17, 15) is 9.59 Å². The predicted octanol–water partition coefficient (Wildman–Crippen LogP) is 4.91. The third kappa shape index (κ3) is 4.69. The number of ketones is 1. The van der Waals surface area contributed by atoms with Crippen molar-refractivity contribution in [3.05, 3.63) is 107 Å². The second-order valence-electron chi connectivity index (χ2n) is 8.32. The maximum absolute atomic E-state index is 13.2. The number of aromatic amines is 1. The fourth-order valence-corrected chi connectivity index (χ4v) is 3.96. The third-order valence-electron chi connectivity index (χ3n) is 5.86. The van der Waals surface area contributed by atoms with E-state index in [1.54, 1.807) is 60.4 Å². The van der Waals surface area contributed by atoms with Crippen LogP contribution in [-0.4, -0.2) is 36.7 Å². The lowest BCUT2D eigenvalue weighted by Crippen LogP contribution is -2.16. The standard InChI is InChI=1S/C28H24N6O2/c1-3-20-17-26(34(2)33-20)28(36)30-22-9-6-7-18(15-22)27(35)19-10-12-23-24(31-32-25(23)16-19)13-11-21-8-4-5-14-29-21/h4-17H,3H2,1-2H3,(H,30,36)(H,31,32)/b13-11+. The number of carbonyl (C=O) groups excluding carboxylic acids is 2. The minimum atomic E-state index is -0.278. The van der Waals surface area contributed by atoms with Crippen molar-refractivity contribution in [3.63, 3.8) is 0 Å². The lowest BCUT2D eigenvalue weighted by atomic mass is 10.0. The Morgan fingerprint density at radius 3 is 2.64 bits per heavy atom. The molecule has 5 rings (SSSR count). The summed E-state index contributed by atoms with van der Waals surface area (Å²) in [5.74, 6) is -0.429. The quantitative estimate of drug-likeness (QED) is 0.325. The van der Waals surface area contributed by atoms with Gasteiger partial charge in [-0.05, 0) is 61.0 Å². The van der Waals surface area contributed by atoms with E-state index in [1.165, 1.54) is 0 Å². The van der Waals surface area contributed by atoms with Crippen LogP contribution in [-0.2, 0) is 13.5 Å². The van der Waals surface area contributed by atoms with Crippen molar-refractivity contribution in [2.45, 2.75) is 13.3 Å². The van der Waals surface area contributed by atoms with E-state index in [2.05, 4.69) is 25.6 Å². The zero-order chi connectivity index (χ0) is 25.1. The first-order chi connectivity index (χ1) is 17.5. The average Bonchev–Trinajstić information content (AvgIpc) is 3.50. The SMILES string of the molecule is CCc1cc(C(=O)Nc2cccc(C(=O)c3ccc4c(/C=C/c5ccccn5)n[nH]c4c3)c2)n(C)n1. The van der Waals surface area contributed by atoms with Crippen LogP contribution in [0.1, 0.15) is 50.4 Å². The largest absolute Gasteiger partial charge is 0.321 e. The van der Waals surface area contributed by atoms with Gasteiger partial charge in [0.15, 0.2) is 5.78 Å². The van der Waals surface area contributed by atoms with Crippen molar-refractivity contribution in [2.24, 2.45) is 7.05 Å². The number of hydrogen-bond donors (Lipinski definition) is 2. The Morgan fingerprint density at radius 2 is 1.86 bits per heavy atom. The Labute approximate surface area is 207 Å². The summed E-state index contributed by atoms with van der Waals surface area (Å²) >= 11 is 0. The van der Waals surface area contributed by atoms with E-state index in [0.29, 0.717) is 22.5 Å². The number of fused-ring (bicyclic) bond motifs is 1. The molecule has 3 aromatic heterocycles. The molecule has 0 spiro atoms. The van der Waals surface area contributed by atoms with Crippen LogP contribution in [0.5, 0.6) is 0 Å². The number of aryl methyl sites for hydroxylation is 2. The number of hydrogen-bond acceptors (Lipinski definition) is 5. The molecule has 0 aliphatic rings. The molecule has 1 amide bonds. The zero-order valence-corrected chi connectivity index (χ0v) is 19.9. The van der Waals surface area contributed by atoms with Gasteiger partial charge in [0.1, 0.15) is 5.69 Å². The Hall–Kier alpha value is -4.85. The predicted molar refractivity (Wildman–Crippen MR) is 140 cm³/mol. The van der Waals surface area contributed by atoms with Gasteiger partial charge in [-0.25, -0.2) is 0 Å². The van der Waals surface area contributed by atoms with Crippen LogP contribution in [0.3, 0.4) is 0 Å². The molecule has 0 bridgehead atoms. The molecular weight excluding hydrogens is 452 g/mol. The van der Waals surface area contributed by atoms with Crippen LogP contribution < -0.4 is 5.32 Å². The summed E-state index contributed by atoms with van der Waals surface area (Å²) in [5, 5.41) is 15.5. The average molecular weight is 477 g/mol. The number of H-pyrrole nitrogens is 1. The highest BCUT2D eigenvalue weighted by Gasteiger charge is 2.15. The number of pyridine rings is 1. The van der Waals surface area contributed by atoms with Crippen LogP contribution in [0.15, 0.2) is 72.9 Å². The molecule has 0 saturated heterocycles. The molecule has 2 N–H and O–H groups in total. The number of anilines is 1. The van der Waals surface area contributed by atoms with Crippen molar-refractivity contribution in [1.82, 2.24) is 25.0 Å². The molecule has 2 aromatic carbocycles. The Bertz CT molecular complexity index is 1600. The first kappa shape index (κ1) is 22.9. The van der Waals surface area contributed by atoms with Gasteiger partial charge in [0.25, 0.3) is 5.91 Å². The highest BCUT2D eigenvalue weighted by Crippen LogP contribution is 2.22. The van der Waals surface area contributed by atoms with Crippen molar-refractivity contribution in [3.8, 4) is 0 Å². The molecule has 0 atom stereocenters. The molecule has 0 unspecified atom stereocenters. The number of benzene rings is 2. The molecule has 8 heteroatoms. The minimum Gasteiger partial charge on any atom is -0.321 e. The van der Waals surface area contributed by atoms with Gasteiger partial charge in [0.05, 0.1) is 22.6 Å². The van der Waals surface area contributed by atoms with Crippen LogP contribution in [0.4, 0.5) is 5.69 Å². The monoisotopic (exact) mass is 476 g/mol. The zero-order valence-electron chi connectivity index (χ0n) is 19.9. The van der Waals surface area contributed by atoms with Crippen molar-refractivity contribution in [2.75, 3.05) is 5.32 Å². The molecule has 0 saturated carbocycles. The highest BCUT2D eigenvalue weighted by atomic mass is 16.2. The topological polar surface area (TPSA) is 106 Å². The summed E-state index contributed by atoms with van der Waals surface area (Å²) in [7, 11) is 1.74. The molecule has 178 valence electrons. The van der Waals surface area contributed by atoms with Crippen molar-refractivity contribution in [1.29, 1.82) is 0 Å². The van der Waals surface area contributed by atoms with Gasteiger partial charge in [0.2, 0.25) is 0 Å². The molecule has 0 aliphatic heterocycles. The molecular formula is C28H24N6O2. The lowest BCUT2D eigenvalue weighted by Gasteiger charge is -2.08. The van der Waals surface area contributed by atoms with Gasteiger partial charge >= 0.3 is 0 Å². The first-order valence-corrected chi connectivity index (χ1v) is 11.6. The number of carbonyl (C=O) groups is 2. The summed E-state index contributed by atoms with van der Waals surface area (Å²) < 4.78 is 1.56. The van der Waals surface area contributed by atoms with E-state index in [0.717, 1.165) is 34.4 Å². The molecule has 0 radical (unpaired) electrons. The fourth-order valence-electron chi connectivity index (χ4n) is 3.96. The van der Waals surface area contributed by atoms with Gasteiger partial charge in [-0.1, -0.05) is 31.2 Å². The smallest absolute Gasteiger partial charge is 0.273 e. The van der Waals surface area contributed by atoms with E-state index < -0.39 is 0 Å². The second-order valence-corrected chi connectivity index (χ2v) is 8.32. The van der Waals surface area contributed by atoms with Crippen molar-refractivity contribution >= 4 is 40.4 Å². The van der Waals surface area contributed by atoms with Crippen LogP contribution in [0, 0.1) is 0 Å². The van der Waals surface area contributed by atoms with E-state index in [1.807, 2.05) is 43.3 Å². The number of rotatable bonds is 7. The number of amides is 1. The number of aromatic nitrogens is 5. The molecule has 5 aromatic rings. The van der Waals surface area contributed by atoms with Crippen LogP contribution in [0.25, 0.3) is 23.1 Å². The maximum Gasteiger partial charge on any atom is 0.273 e. The van der Waals surface area contributed by atoms with Crippen molar-refractivity contribution < 1.29 is 9.59 Å². The first-order valence-electron chi connectivity index (χ1n) is 11.6. The van der Waals surface area contributed by atoms with Gasteiger partial charge in [-0.2, -0.15) is 10.2 Å². The van der Waals surface area contributed by atoms with Gasteiger partial charge in [-0.3, -0.25) is 24.4 Å². The highest BCUT2D eigenvalue weighted by molar-refractivity contribution is 6.12. The Morgan fingerprint density at radius 1 is 1.00 bits per heavy atom. The summed E-state index contributed by atoms with van der Waals surface area (Å²) in [6, 6.07) is 19.8. The van der Waals surface area contributed by atoms with Gasteiger partial charge < -0.3 is 5.32 Å². The van der Waals surface area contributed by atoms with Crippen LogP contribution >= 0.6 is 0 Å². The van der Waals surface area contributed by atoms with Gasteiger partial charge in [-0.15, -0.1) is 0 Å². The molecule has 0 aliphatic carbocycles. The Balaban J connectivity index is 1.35. The van der Waals surface area contributed by atoms with E-state index in [-0.39, 0.29) is 11.7 Å². The van der Waals surface area contributed by atoms with Gasteiger partial charge in [0, 0.05) is 35.4 Å². The number of nitrogens with zero attached hydrogens (tertiary/aromatic N) is 4. The summed E-state index contributed by atoms with van der Waals surface area (Å²) in [5.41, 5.74) is 5.19. The Kier molecular flexibility index (Phi) is 6.23. The lowest BCUT2D eigenvalue weighted by molar-refractivity contribution is 0.101. The second kappa shape index (κ2) is 9.79. The summed E-state index contributed by atoms with van der Waals surface area (Å²) in [6.07, 6.45) is 6.26. The summed E-state index contributed by atoms with van der Waals surface area (Å²) in [4.78, 5) is 30.2. The van der Waals surface area contributed by atoms with Crippen LogP contribution in [0.2, 0.25) is 0 Å². The maximum atomic E-state index is 13.2.